The van der Waals surface area contributed by atoms with Crippen molar-refractivity contribution in [1.29, 1.82) is 0 Å². The Bertz CT molecular complexity index is 788. The fourth-order valence-corrected chi connectivity index (χ4v) is 3.70. The highest BCUT2D eigenvalue weighted by molar-refractivity contribution is 7.14. The molecule has 0 radical (unpaired) electrons. The van der Waals surface area contributed by atoms with Gasteiger partial charge < -0.3 is 5.32 Å². The number of thiazole rings is 1. The lowest BCUT2D eigenvalue weighted by atomic mass is 10.1. The minimum absolute atomic E-state index is 0.104. The molecule has 1 atom stereocenters. The van der Waals surface area contributed by atoms with E-state index < -0.39 is 0 Å². The molecule has 114 valence electrons. The molecule has 0 fully saturated rings. The Morgan fingerprint density at radius 3 is 2.86 bits per heavy atom. The number of carbonyl (C=O) groups is 1. The molecule has 0 saturated carbocycles. The average molecular weight is 332 g/mol. The molecule has 7 heteroatoms. The van der Waals surface area contributed by atoms with Crippen molar-refractivity contribution in [3.63, 3.8) is 0 Å². The maximum Gasteiger partial charge on any atom is 0.271 e. The van der Waals surface area contributed by atoms with Gasteiger partial charge in [0.2, 0.25) is 0 Å². The first-order valence-corrected chi connectivity index (χ1v) is 8.66. The van der Waals surface area contributed by atoms with Crippen molar-refractivity contribution in [1.82, 2.24) is 20.1 Å². The molecule has 0 unspecified atom stereocenters. The zero-order chi connectivity index (χ0) is 15.7. The zero-order valence-corrected chi connectivity index (χ0v) is 14.2. The summed E-state index contributed by atoms with van der Waals surface area (Å²) in [6, 6.07) is 1.90. The molecule has 22 heavy (non-hydrogen) atoms. The van der Waals surface area contributed by atoms with Gasteiger partial charge in [-0.15, -0.1) is 11.3 Å². The number of hydrogen-bond acceptors (Lipinski definition) is 5. The van der Waals surface area contributed by atoms with Crippen molar-refractivity contribution in [2.24, 2.45) is 7.05 Å². The van der Waals surface area contributed by atoms with Crippen LogP contribution in [0.25, 0.3) is 10.6 Å². The van der Waals surface area contributed by atoms with Crippen LogP contribution in [0.1, 0.15) is 34.7 Å². The van der Waals surface area contributed by atoms with Gasteiger partial charge in [0.25, 0.3) is 5.91 Å². The average Bonchev–Trinajstić information content (AvgIpc) is 3.21. The third-order valence-corrected chi connectivity index (χ3v) is 5.17. The number of rotatable bonds is 4. The first kappa shape index (κ1) is 14.9. The molecule has 0 bridgehead atoms. The van der Waals surface area contributed by atoms with Crippen LogP contribution in [0.5, 0.6) is 0 Å². The van der Waals surface area contributed by atoms with Gasteiger partial charge in [0, 0.05) is 34.6 Å². The van der Waals surface area contributed by atoms with Crippen molar-refractivity contribution < 1.29 is 4.79 Å². The third-order valence-electron chi connectivity index (χ3n) is 3.59. The topological polar surface area (TPSA) is 59.8 Å². The van der Waals surface area contributed by atoms with Gasteiger partial charge in [-0.2, -0.15) is 16.4 Å². The number of thiophene rings is 1. The Hall–Kier alpha value is -1.99. The van der Waals surface area contributed by atoms with E-state index >= 15 is 0 Å². The van der Waals surface area contributed by atoms with E-state index in [0.29, 0.717) is 5.69 Å². The summed E-state index contributed by atoms with van der Waals surface area (Å²) in [5, 5.41) is 13.9. The Kier molecular flexibility index (Phi) is 4.08. The molecule has 1 N–H and O–H groups in total. The Morgan fingerprint density at radius 2 is 2.23 bits per heavy atom. The smallest absolute Gasteiger partial charge is 0.271 e. The Morgan fingerprint density at radius 1 is 1.41 bits per heavy atom. The van der Waals surface area contributed by atoms with Gasteiger partial charge in [-0.1, -0.05) is 0 Å². The van der Waals surface area contributed by atoms with Crippen LogP contribution in [0.2, 0.25) is 0 Å². The Balaban J connectivity index is 1.73. The number of aromatic nitrogens is 3. The summed E-state index contributed by atoms with van der Waals surface area (Å²) in [6.45, 7) is 3.94. The van der Waals surface area contributed by atoms with E-state index in [1.54, 1.807) is 27.6 Å². The van der Waals surface area contributed by atoms with Crippen LogP contribution in [-0.2, 0) is 7.05 Å². The van der Waals surface area contributed by atoms with E-state index in [1.807, 2.05) is 37.7 Å². The quantitative estimate of drug-likeness (QED) is 0.796. The molecule has 3 heterocycles. The predicted molar refractivity (Wildman–Crippen MR) is 89.3 cm³/mol. The summed E-state index contributed by atoms with van der Waals surface area (Å²) in [7, 11) is 1.89. The number of amides is 1. The second kappa shape index (κ2) is 6.02. The summed E-state index contributed by atoms with van der Waals surface area (Å²) in [5.41, 5.74) is 3.58. The number of aryl methyl sites for hydroxylation is 1. The second-order valence-corrected chi connectivity index (χ2v) is 6.69. The van der Waals surface area contributed by atoms with Gasteiger partial charge in [-0.05, 0) is 25.3 Å². The van der Waals surface area contributed by atoms with E-state index in [9.17, 15) is 4.79 Å². The van der Waals surface area contributed by atoms with Crippen LogP contribution in [0.15, 0.2) is 28.4 Å². The maximum absolute atomic E-state index is 12.3. The molecule has 3 aromatic heterocycles. The van der Waals surface area contributed by atoms with Gasteiger partial charge in [0.1, 0.15) is 10.7 Å². The van der Waals surface area contributed by atoms with Crippen LogP contribution in [0, 0.1) is 6.92 Å². The molecular formula is C15H16N4OS2. The number of nitrogens with one attached hydrogen (secondary N) is 1. The lowest BCUT2D eigenvalue weighted by molar-refractivity contribution is 0.0935. The lowest BCUT2D eigenvalue weighted by Crippen LogP contribution is -2.27. The van der Waals surface area contributed by atoms with E-state index in [0.717, 1.165) is 21.8 Å². The van der Waals surface area contributed by atoms with Crippen LogP contribution < -0.4 is 5.32 Å². The Labute approximate surface area is 136 Å². The van der Waals surface area contributed by atoms with E-state index in [1.165, 1.54) is 11.3 Å². The lowest BCUT2D eigenvalue weighted by Gasteiger charge is -2.12. The van der Waals surface area contributed by atoms with Crippen molar-refractivity contribution >= 4 is 28.6 Å². The van der Waals surface area contributed by atoms with Crippen molar-refractivity contribution in [2.45, 2.75) is 19.9 Å². The first-order chi connectivity index (χ1) is 10.6. The largest absolute Gasteiger partial charge is 0.344 e. The van der Waals surface area contributed by atoms with Gasteiger partial charge in [-0.25, -0.2) is 4.98 Å². The first-order valence-electron chi connectivity index (χ1n) is 6.83. The normalized spacial score (nSPS) is 12.3. The number of nitrogens with zero attached hydrogens (tertiary/aromatic N) is 3. The summed E-state index contributed by atoms with van der Waals surface area (Å²) >= 11 is 3.10. The summed E-state index contributed by atoms with van der Waals surface area (Å²) in [4.78, 5) is 16.8. The molecule has 0 aliphatic heterocycles. The minimum Gasteiger partial charge on any atom is -0.344 e. The molecule has 0 aliphatic rings. The molecule has 1 amide bonds. The molecule has 5 nitrogen and oxygen atoms in total. The highest BCUT2D eigenvalue weighted by atomic mass is 32.1. The number of hydrogen-bond donors (Lipinski definition) is 1. The van der Waals surface area contributed by atoms with Crippen LogP contribution >= 0.6 is 22.7 Å². The predicted octanol–water partition coefficient (Wildman–Crippen LogP) is 3.40. The van der Waals surface area contributed by atoms with Gasteiger partial charge in [0.05, 0.1) is 12.2 Å². The summed E-state index contributed by atoms with van der Waals surface area (Å²) in [5.74, 6) is -0.159. The SMILES string of the molecule is Cc1c([C@@H](C)NC(=O)c2csc(-c3ccsc3)n2)cnn1C. The second-order valence-electron chi connectivity index (χ2n) is 5.05. The van der Waals surface area contributed by atoms with E-state index in [2.05, 4.69) is 15.4 Å². The van der Waals surface area contributed by atoms with Gasteiger partial charge in [0.15, 0.2) is 0 Å². The minimum atomic E-state index is -0.159. The number of carbonyl (C=O) groups excluding carboxylic acids is 1. The van der Waals surface area contributed by atoms with Crippen LogP contribution in [-0.4, -0.2) is 20.7 Å². The van der Waals surface area contributed by atoms with E-state index in [-0.39, 0.29) is 11.9 Å². The zero-order valence-electron chi connectivity index (χ0n) is 12.5. The fourth-order valence-electron chi connectivity index (χ4n) is 2.19. The molecule has 3 rings (SSSR count). The molecular weight excluding hydrogens is 316 g/mol. The van der Waals surface area contributed by atoms with Crippen molar-refractivity contribution in [3.8, 4) is 10.6 Å². The third kappa shape index (κ3) is 2.82. The maximum atomic E-state index is 12.3. The van der Waals surface area contributed by atoms with Gasteiger partial charge >= 0.3 is 0 Å². The van der Waals surface area contributed by atoms with E-state index in [4.69, 9.17) is 0 Å². The standard InChI is InChI=1S/C15H16N4OS2/c1-9(12-6-16-19(3)10(12)2)17-14(20)13-8-22-15(18-13)11-4-5-21-7-11/h4-9H,1-3H3,(H,17,20)/t9-/m1/s1. The molecule has 0 saturated heterocycles. The highest BCUT2D eigenvalue weighted by Gasteiger charge is 2.18. The van der Waals surface area contributed by atoms with Crippen molar-refractivity contribution in [2.75, 3.05) is 0 Å². The monoisotopic (exact) mass is 332 g/mol. The van der Waals surface area contributed by atoms with Gasteiger partial charge in [-0.3, -0.25) is 9.48 Å². The molecule has 0 spiro atoms. The molecule has 0 aromatic carbocycles. The van der Waals surface area contributed by atoms with Crippen LogP contribution in [0.4, 0.5) is 0 Å². The summed E-state index contributed by atoms with van der Waals surface area (Å²) in [6.07, 6.45) is 1.79. The van der Waals surface area contributed by atoms with Crippen molar-refractivity contribution in [3.05, 3.63) is 45.4 Å². The highest BCUT2D eigenvalue weighted by Crippen LogP contribution is 2.26. The fraction of sp³-hybridized carbons (Fsp3) is 0.267. The van der Waals surface area contributed by atoms with Crippen LogP contribution in [0.3, 0.4) is 0 Å². The summed E-state index contributed by atoms with van der Waals surface area (Å²) < 4.78 is 1.80. The molecule has 0 aliphatic carbocycles. The molecule has 3 aromatic rings.